The fourth-order valence-electron chi connectivity index (χ4n) is 5.47. The third-order valence-corrected chi connectivity index (χ3v) is 7.52. The van der Waals surface area contributed by atoms with Crippen LogP contribution < -0.4 is 5.32 Å². The van der Waals surface area contributed by atoms with Crippen LogP contribution in [-0.4, -0.2) is 32.9 Å². The first kappa shape index (κ1) is 22.6. The van der Waals surface area contributed by atoms with Gasteiger partial charge in [0.15, 0.2) is 0 Å². The van der Waals surface area contributed by atoms with Gasteiger partial charge in [-0.2, -0.15) is 0 Å². The molecule has 1 N–H and O–H groups in total. The standard InChI is InChI=1S/C28H32FN3O2/c1-28(27(34)30-23-10-5-3-2-4-6-11-23)19-31-24-12-8-7-9-21(24)17-25(31)26(33)32(28)18-20-13-15-22(29)16-14-20/h7-9,12-17,23H,2-6,10-11,18-19H2,1H3,(H,30,34). The second-order valence-corrected chi connectivity index (χ2v) is 9.98. The van der Waals surface area contributed by atoms with E-state index in [2.05, 4.69) is 5.32 Å². The van der Waals surface area contributed by atoms with Crippen LogP contribution in [0.4, 0.5) is 4.39 Å². The number of fused-ring (bicyclic) bond motifs is 3. The Labute approximate surface area is 199 Å². The van der Waals surface area contributed by atoms with Crippen LogP contribution in [-0.2, 0) is 17.9 Å². The van der Waals surface area contributed by atoms with Gasteiger partial charge in [-0.25, -0.2) is 4.39 Å². The number of para-hydroxylation sites is 1. The lowest BCUT2D eigenvalue weighted by Gasteiger charge is -2.44. The highest BCUT2D eigenvalue weighted by Gasteiger charge is 2.48. The van der Waals surface area contributed by atoms with Gasteiger partial charge in [0.05, 0.1) is 6.54 Å². The molecule has 6 heteroatoms. The van der Waals surface area contributed by atoms with Gasteiger partial charge in [0.25, 0.3) is 5.91 Å². The summed E-state index contributed by atoms with van der Waals surface area (Å²) in [4.78, 5) is 29.4. The summed E-state index contributed by atoms with van der Waals surface area (Å²) in [6.07, 6.45) is 7.87. The van der Waals surface area contributed by atoms with Gasteiger partial charge in [0.2, 0.25) is 5.91 Å². The highest BCUT2D eigenvalue weighted by atomic mass is 19.1. The van der Waals surface area contributed by atoms with E-state index in [4.69, 9.17) is 0 Å². The number of nitrogens with zero attached hydrogens (tertiary/aromatic N) is 2. The van der Waals surface area contributed by atoms with E-state index in [9.17, 15) is 14.0 Å². The van der Waals surface area contributed by atoms with Crippen molar-refractivity contribution in [3.8, 4) is 0 Å². The average Bonchev–Trinajstić information content (AvgIpc) is 3.18. The van der Waals surface area contributed by atoms with E-state index in [1.54, 1.807) is 17.0 Å². The zero-order chi connectivity index (χ0) is 23.7. The first-order valence-corrected chi connectivity index (χ1v) is 12.4. The Kier molecular flexibility index (Phi) is 6.15. The molecular weight excluding hydrogens is 429 g/mol. The Morgan fingerprint density at radius 3 is 2.44 bits per heavy atom. The van der Waals surface area contributed by atoms with Crippen LogP contribution in [0.5, 0.6) is 0 Å². The van der Waals surface area contributed by atoms with E-state index in [-0.39, 0.29) is 30.2 Å². The van der Waals surface area contributed by atoms with Crippen molar-refractivity contribution in [2.45, 2.75) is 76.5 Å². The summed E-state index contributed by atoms with van der Waals surface area (Å²) in [5.74, 6) is -0.613. The van der Waals surface area contributed by atoms with Gasteiger partial charge in [-0.15, -0.1) is 0 Å². The largest absolute Gasteiger partial charge is 0.351 e. The van der Waals surface area contributed by atoms with Crippen molar-refractivity contribution in [1.29, 1.82) is 0 Å². The van der Waals surface area contributed by atoms with Gasteiger partial charge >= 0.3 is 0 Å². The third-order valence-electron chi connectivity index (χ3n) is 7.52. The molecule has 1 aromatic heterocycles. The molecule has 0 spiro atoms. The van der Waals surface area contributed by atoms with E-state index in [0.717, 1.165) is 42.1 Å². The zero-order valence-electron chi connectivity index (χ0n) is 19.7. The number of rotatable bonds is 4. The minimum Gasteiger partial charge on any atom is -0.351 e. The van der Waals surface area contributed by atoms with Crippen molar-refractivity contribution in [3.63, 3.8) is 0 Å². The van der Waals surface area contributed by atoms with Crippen LogP contribution in [0.1, 0.15) is 67.9 Å². The Morgan fingerprint density at radius 2 is 1.71 bits per heavy atom. The minimum atomic E-state index is -1.07. The fourth-order valence-corrected chi connectivity index (χ4v) is 5.47. The molecule has 1 saturated carbocycles. The summed E-state index contributed by atoms with van der Waals surface area (Å²) in [7, 11) is 0. The van der Waals surface area contributed by atoms with Gasteiger partial charge in [-0.3, -0.25) is 9.59 Å². The normalized spacial score (nSPS) is 21.7. The van der Waals surface area contributed by atoms with E-state index in [1.165, 1.54) is 31.4 Å². The van der Waals surface area contributed by atoms with Gasteiger partial charge in [0, 0.05) is 23.5 Å². The molecule has 5 nitrogen and oxygen atoms in total. The fraction of sp³-hybridized carbons (Fsp3) is 0.429. The number of halogens is 1. The molecular formula is C28H32FN3O2. The van der Waals surface area contributed by atoms with Crippen LogP contribution in [0, 0.1) is 5.82 Å². The Hall–Kier alpha value is -3.15. The molecule has 178 valence electrons. The maximum atomic E-state index is 13.9. The molecule has 34 heavy (non-hydrogen) atoms. The molecule has 0 radical (unpaired) electrons. The lowest BCUT2D eigenvalue weighted by Crippen LogP contribution is -2.64. The summed E-state index contributed by atoms with van der Waals surface area (Å²) >= 11 is 0. The number of amides is 2. The lowest BCUT2D eigenvalue weighted by molar-refractivity contribution is -0.134. The highest BCUT2D eigenvalue weighted by molar-refractivity contribution is 6.03. The number of carbonyl (C=O) groups is 2. The molecule has 1 fully saturated rings. The summed E-state index contributed by atoms with van der Waals surface area (Å²) in [6.45, 7) is 2.49. The number of hydrogen-bond acceptors (Lipinski definition) is 2. The van der Waals surface area contributed by atoms with E-state index >= 15 is 0 Å². The Balaban J connectivity index is 1.51. The molecule has 1 atom stereocenters. The molecule has 0 bridgehead atoms. The molecule has 5 rings (SSSR count). The molecule has 2 aliphatic rings. The predicted molar refractivity (Wildman–Crippen MR) is 131 cm³/mol. The molecule has 2 heterocycles. The van der Waals surface area contributed by atoms with Crippen molar-refractivity contribution in [1.82, 2.24) is 14.8 Å². The number of nitrogens with one attached hydrogen (secondary N) is 1. The monoisotopic (exact) mass is 461 g/mol. The van der Waals surface area contributed by atoms with Crippen molar-refractivity contribution < 1.29 is 14.0 Å². The van der Waals surface area contributed by atoms with Crippen molar-refractivity contribution in [3.05, 3.63) is 71.7 Å². The number of aromatic nitrogens is 1. The minimum absolute atomic E-state index is 0.114. The zero-order valence-corrected chi connectivity index (χ0v) is 19.7. The first-order chi connectivity index (χ1) is 16.5. The summed E-state index contributed by atoms with van der Waals surface area (Å²) < 4.78 is 15.5. The van der Waals surface area contributed by atoms with Crippen molar-refractivity contribution >= 4 is 22.7 Å². The number of hydrogen-bond donors (Lipinski definition) is 1. The van der Waals surface area contributed by atoms with E-state index in [1.807, 2.05) is 41.8 Å². The van der Waals surface area contributed by atoms with Crippen LogP contribution in [0.25, 0.3) is 10.9 Å². The lowest BCUT2D eigenvalue weighted by atomic mass is 9.91. The quantitative estimate of drug-likeness (QED) is 0.564. The summed E-state index contributed by atoms with van der Waals surface area (Å²) in [6, 6.07) is 16.1. The molecule has 3 aromatic rings. The molecule has 1 aliphatic heterocycles. The molecule has 1 aliphatic carbocycles. The second kappa shape index (κ2) is 9.24. The van der Waals surface area contributed by atoms with Gasteiger partial charge in [0.1, 0.15) is 17.1 Å². The Bertz CT molecular complexity index is 1190. The van der Waals surface area contributed by atoms with Gasteiger partial charge < -0.3 is 14.8 Å². The topological polar surface area (TPSA) is 54.3 Å². The third kappa shape index (κ3) is 4.22. The first-order valence-electron chi connectivity index (χ1n) is 12.4. The molecule has 2 aromatic carbocycles. The SMILES string of the molecule is CC1(C(=O)NC2CCCCCCC2)Cn2c(cc3ccccc32)C(=O)N1Cc1ccc(F)cc1. The Morgan fingerprint density at radius 1 is 1.03 bits per heavy atom. The van der Waals surface area contributed by atoms with Crippen LogP contribution in [0.2, 0.25) is 0 Å². The molecule has 2 amide bonds. The molecule has 1 unspecified atom stereocenters. The maximum Gasteiger partial charge on any atom is 0.271 e. The number of benzene rings is 2. The van der Waals surface area contributed by atoms with Crippen LogP contribution >= 0.6 is 0 Å². The smallest absolute Gasteiger partial charge is 0.271 e. The van der Waals surface area contributed by atoms with Crippen molar-refractivity contribution in [2.24, 2.45) is 0 Å². The van der Waals surface area contributed by atoms with Crippen LogP contribution in [0.15, 0.2) is 54.6 Å². The molecule has 0 saturated heterocycles. The second-order valence-electron chi connectivity index (χ2n) is 9.98. The summed E-state index contributed by atoms with van der Waals surface area (Å²) in [5.41, 5.74) is 1.27. The van der Waals surface area contributed by atoms with Crippen LogP contribution in [0.3, 0.4) is 0 Å². The average molecular weight is 462 g/mol. The summed E-state index contributed by atoms with van der Waals surface area (Å²) in [5, 5.41) is 4.29. The number of carbonyl (C=O) groups excluding carboxylic acids is 2. The highest BCUT2D eigenvalue weighted by Crippen LogP contribution is 2.34. The van der Waals surface area contributed by atoms with Gasteiger partial charge in [-0.1, -0.05) is 62.4 Å². The van der Waals surface area contributed by atoms with Crippen molar-refractivity contribution in [2.75, 3.05) is 0 Å². The van der Waals surface area contributed by atoms with E-state index in [0.29, 0.717) is 12.2 Å². The van der Waals surface area contributed by atoms with E-state index < -0.39 is 5.54 Å². The predicted octanol–water partition coefficient (Wildman–Crippen LogP) is 5.42. The maximum absolute atomic E-state index is 13.9. The van der Waals surface area contributed by atoms with Gasteiger partial charge in [-0.05, 0) is 49.6 Å².